The van der Waals surface area contributed by atoms with Crippen molar-refractivity contribution in [3.63, 3.8) is 0 Å². The van der Waals surface area contributed by atoms with E-state index in [4.69, 9.17) is 0 Å². The number of aryl methyl sites for hydroxylation is 1. The summed E-state index contributed by atoms with van der Waals surface area (Å²) < 4.78 is 12.9. The number of nitrogens with one attached hydrogen (secondary N) is 2. The molecule has 0 spiro atoms. The van der Waals surface area contributed by atoms with Crippen molar-refractivity contribution in [3.8, 4) is 0 Å². The van der Waals surface area contributed by atoms with Crippen molar-refractivity contribution in [2.45, 2.75) is 20.0 Å². The van der Waals surface area contributed by atoms with Crippen LogP contribution in [0.5, 0.6) is 0 Å². The molecule has 3 aromatic rings. The lowest BCUT2D eigenvalue weighted by atomic mass is 10.2. The fraction of sp³-hybridized carbons (Fsp3) is 0.158. The van der Waals surface area contributed by atoms with Gasteiger partial charge in [-0.15, -0.1) is 0 Å². The standard InChI is InChI=1S/C19H18FN5O/c1-13-24-17(19(26)23-12-14-2-4-16(20)5-3-14)10-18(25-13)22-11-15-6-8-21-9-7-15/h2-10H,11-12H2,1H3,(H,23,26)(H,22,24,25). The van der Waals surface area contributed by atoms with Gasteiger partial charge in [-0.1, -0.05) is 12.1 Å². The van der Waals surface area contributed by atoms with E-state index in [0.717, 1.165) is 11.1 Å². The van der Waals surface area contributed by atoms with Crippen LogP contribution in [0.1, 0.15) is 27.4 Å². The molecule has 0 atom stereocenters. The van der Waals surface area contributed by atoms with Gasteiger partial charge in [-0.3, -0.25) is 9.78 Å². The second kappa shape index (κ2) is 8.15. The van der Waals surface area contributed by atoms with Gasteiger partial charge in [0, 0.05) is 31.5 Å². The number of carbonyl (C=O) groups is 1. The van der Waals surface area contributed by atoms with Crippen LogP contribution in [0.3, 0.4) is 0 Å². The van der Waals surface area contributed by atoms with Crippen molar-refractivity contribution < 1.29 is 9.18 Å². The zero-order valence-electron chi connectivity index (χ0n) is 14.2. The molecule has 6 nitrogen and oxygen atoms in total. The molecule has 0 saturated heterocycles. The third-order valence-electron chi connectivity index (χ3n) is 3.66. The van der Waals surface area contributed by atoms with Gasteiger partial charge in [0.05, 0.1) is 0 Å². The second-order valence-corrected chi connectivity index (χ2v) is 5.70. The molecular formula is C19H18FN5O. The normalized spacial score (nSPS) is 10.4. The largest absolute Gasteiger partial charge is 0.366 e. The lowest BCUT2D eigenvalue weighted by Gasteiger charge is -2.09. The molecule has 3 rings (SSSR count). The highest BCUT2D eigenvalue weighted by Gasteiger charge is 2.10. The van der Waals surface area contributed by atoms with Crippen molar-refractivity contribution in [1.82, 2.24) is 20.3 Å². The van der Waals surface area contributed by atoms with E-state index in [9.17, 15) is 9.18 Å². The number of hydrogen-bond acceptors (Lipinski definition) is 5. The molecule has 0 saturated carbocycles. The first-order valence-electron chi connectivity index (χ1n) is 8.11. The molecule has 0 radical (unpaired) electrons. The van der Waals surface area contributed by atoms with Crippen LogP contribution >= 0.6 is 0 Å². The lowest BCUT2D eigenvalue weighted by molar-refractivity contribution is 0.0945. The van der Waals surface area contributed by atoms with Crippen LogP contribution in [0.2, 0.25) is 0 Å². The van der Waals surface area contributed by atoms with Gasteiger partial charge in [0.2, 0.25) is 0 Å². The summed E-state index contributed by atoms with van der Waals surface area (Å²) in [6.45, 7) is 2.59. The van der Waals surface area contributed by atoms with Gasteiger partial charge in [-0.25, -0.2) is 14.4 Å². The Morgan fingerprint density at radius 3 is 2.42 bits per heavy atom. The van der Waals surface area contributed by atoms with Crippen molar-refractivity contribution in [3.05, 3.63) is 83.3 Å². The summed E-state index contributed by atoms with van der Waals surface area (Å²) in [5.41, 5.74) is 2.14. The first-order chi connectivity index (χ1) is 12.6. The van der Waals surface area contributed by atoms with Crippen molar-refractivity contribution in [1.29, 1.82) is 0 Å². The van der Waals surface area contributed by atoms with Crippen LogP contribution in [0.25, 0.3) is 0 Å². The van der Waals surface area contributed by atoms with Crippen molar-refractivity contribution in [2.75, 3.05) is 5.32 Å². The van der Waals surface area contributed by atoms with Gasteiger partial charge in [0.15, 0.2) is 0 Å². The van der Waals surface area contributed by atoms with Crippen LogP contribution in [-0.4, -0.2) is 20.9 Å². The zero-order valence-corrected chi connectivity index (χ0v) is 14.2. The molecule has 0 bridgehead atoms. The summed E-state index contributed by atoms with van der Waals surface area (Å²) in [6.07, 6.45) is 3.44. The number of carbonyl (C=O) groups excluding carboxylic acids is 1. The van der Waals surface area contributed by atoms with Crippen LogP contribution in [0.15, 0.2) is 54.9 Å². The Morgan fingerprint density at radius 1 is 1.00 bits per heavy atom. The topological polar surface area (TPSA) is 79.8 Å². The molecule has 1 amide bonds. The van der Waals surface area contributed by atoms with E-state index in [1.165, 1.54) is 12.1 Å². The Bertz CT molecular complexity index is 884. The van der Waals surface area contributed by atoms with E-state index in [1.54, 1.807) is 37.5 Å². The Labute approximate surface area is 150 Å². The van der Waals surface area contributed by atoms with E-state index in [1.807, 2.05) is 12.1 Å². The summed E-state index contributed by atoms with van der Waals surface area (Å²) in [4.78, 5) is 24.8. The number of hydrogen-bond donors (Lipinski definition) is 2. The summed E-state index contributed by atoms with van der Waals surface area (Å²) in [6, 6.07) is 11.4. The average Bonchev–Trinajstić information content (AvgIpc) is 2.66. The van der Waals surface area contributed by atoms with Crippen LogP contribution < -0.4 is 10.6 Å². The van der Waals surface area contributed by atoms with Gasteiger partial charge >= 0.3 is 0 Å². The van der Waals surface area contributed by atoms with Gasteiger partial charge in [0.25, 0.3) is 5.91 Å². The van der Waals surface area contributed by atoms with Gasteiger partial charge in [0.1, 0.15) is 23.2 Å². The first-order valence-corrected chi connectivity index (χ1v) is 8.11. The quantitative estimate of drug-likeness (QED) is 0.714. The van der Waals surface area contributed by atoms with Crippen LogP contribution in [-0.2, 0) is 13.1 Å². The molecule has 1 aromatic carbocycles. The van der Waals surface area contributed by atoms with Gasteiger partial charge in [-0.2, -0.15) is 0 Å². The van der Waals surface area contributed by atoms with Crippen LogP contribution in [0, 0.1) is 12.7 Å². The number of aromatic nitrogens is 3. The summed E-state index contributed by atoms with van der Waals surface area (Å²) in [5, 5.41) is 5.95. The predicted octanol–water partition coefficient (Wildman–Crippen LogP) is 2.86. The van der Waals surface area contributed by atoms with E-state index < -0.39 is 0 Å². The molecule has 26 heavy (non-hydrogen) atoms. The summed E-state index contributed by atoms with van der Waals surface area (Å²) >= 11 is 0. The Balaban J connectivity index is 1.64. The second-order valence-electron chi connectivity index (χ2n) is 5.70. The maximum absolute atomic E-state index is 12.9. The minimum Gasteiger partial charge on any atom is -0.366 e. The molecule has 0 unspecified atom stereocenters. The molecular weight excluding hydrogens is 333 g/mol. The smallest absolute Gasteiger partial charge is 0.270 e. The highest BCUT2D eigenvalue weighted by Crippen LogP contribution is 2.09. The number of pyridine rings is 1. The lowest BCUT2D eigenvalue weighted by Crippen LogP contribution is -2.24. The third kappa shape index (κ3) is 4.83. The molecule has 132 valence electrons. The van der Waals surface area contributed by atoms with Gasteiger partial charge in [-0.05, 0) is 42.3 Å². The molecule has 2 heterocycles. The highest BCUT2D eigenvalue weighted by molar-refractivity contribution is 5.92. The fourth-order valence-corrected chi connectivity index (χ4v) is 2.34. The first kappa shape index (κ1) is 17.5. The molecule has 7 heteroatoms. The number of anilines is 1. The highest BCUT2D eigenvalue weighted by atomic mass is 19.1. The summed E-state index contributed by atoms with van der Waals surface area (Å²) in [7, 11) is 0. The maximum Gasteiger partial charge on any atom is 0.270 e. The Morgan fingerprint density at radius 2 is 1.69 bits per heavy atom. The summed E-state index contributed by atoms with van der Waals surface area (Å²) in [5.74, 6) is 0.445. The maximum atomic E-state index is 12.9. The molecule has 0 aliphatic carbocycles. The zero-order chi connectivity index (χ0) is 18.4. The van der Waals surface area contributed by atoms with E-state index >= 15 is 0 Å². The monoisotopic (exact) mass is 351 g/mol. The number of rotatable bonds is 6. The molecule has 0 aliphatic rings. The predicted molar refractivity (Wildman–Crippen MR) is 95.9 cm³/mol. The molecule has 0 fully saturated rings. The average molecular weight is 351 g/mol. The molecule has 2 N–H and O–H groups in total. The fourth-order valence-electron chi connectivity index (χ4n) is 2.34. The number of amides is 1. The molecule has 0 aliphatic heterocycles. The van der Waals surface area contributed by atoms with Gasteiger partial charge < -0.3 is 10.6 Å². The Hall–Kier alpha value is -3.35. The van der Waals surface area contributed by atoms with E-state index in [-0.39, 0.29) is 17.4 Å². The third-order valence-corrected chi connectivity index (χ3v) is 3.66. The number of nitrogens with zero attached hydrogens (tertiary/aromatic N) is 3. The number of benzene rings is 1. The van der Waals surface area contributed by atoms with E-state index in [2.05, 4.69) is 25.6 Å². The molecule has 2 aromatic heterocycles. The SMILES string of the molecule is Cc1nc(NCc2ccncc2)cc(C(=O)NCc2ccc(F)cc2)n1. The minimum atomic E-state index is -0.313. The Kier molecular flexibility index (Phi) is 5.48. The number of halogens is 1. The van der Waals surface area contributed by atoms with Crippen molar-refractivity contribution >= 4 is 11.7 Å². The minimum absolute atomic E-state index is 0.275. The van der Waals surface area contributed by atoms with Crippen molar-refractivity contribution in [2.24, 2.45) is 0 Å². The van der Waals surface area contributed by atoms with Crippen LogP contribution in [0.4, 0.5) is 10.2 Å². The van der Waals surface area contributed by atoms with E-state index in [0.29, 0.717) is 24.7 Å².